The fourth-order valence-corrected chi connectivity index (χ4v) is 6.00. The number of pyridine rings is 5. The lowest BCUT2D eigenvalue weighted by molar-refractivity contribution is 0.181. The van der Waals surface area contributed by atoms with Crippen LogP contribution in [0, 0.1) is 28.1 Å². The molecular formula is C48H50Br2N10O8. The molecule has 354 valence electrons. The zero-order valence-electron chi connectivity index (χ0n) is 37.9. The van der Waals surface area contributed by atoms with E-state index in [9.17, 15) is 5.26 Å². The number of rotatable bonds is 14. The minimum Gasteiger partial charge on any atom is -0.490 e. The molecule has 0 spiro atoms. The average molecular weight is 1050 g/mol. The number of nitriles is 2. The molecule has 20 heteroatoms. The predicted octanol–water partition coefficient (Wildman–Crippen LogP) is 7.96. The lowest BCUT2D eigenvalue weighted by Crippen LogP contribution is -2.06. The number of aliphatic hydroxyl groups is 3. The quantitative estimate of drug-likeness (QED) is 0.0752. The molecule has 0 aliphatic rings. The van der Waals surface area contributed by atoms with Gasteiger partial charge in [-0.2, -0.15) is 15.5 Å². The van der Waals surface area contributed by atoms with Gasteiger partial charge < -0.3 is 44.2 Å². The first-order valence-electron chi connectivity index (χ1n) is 20.3. The smallest absolute Gasteiger partial charge is 0.258 e. The molecule has 4 N–H and O–H groups in total. The van der Waals surface area contributed by atoms with Crippen molar-refractivity contribution in [2.45, 2.75) is 53.0 Å². The highest BCUT2D eigenvalue weighted by Gasteiger charge is 2.14. The molecule has 0 saturated carbocycles. The van der Waals surface area contributed by atoms with E-state index in [1.165, 1.54) is 0 Å². The number of benzene rings is 1. The molecule has 6 heterocycles. The summed E-state index contributed by atoms with van der Waals surface area (Å²) in [5.41, 5.74) is 6.91. The van der Waals surface area contributed by atoms with Gasteiger partial charge in [-0.15, -0.1) is 0 Å². The number of nitrogens with zero attached hydrogens (tertiary/aromatic N) is 9. The zero-order valence-corrected chi connectivity index (χ0v) is 41.0. The van der Waals surface area contributed by atoms with E-state index >= 15 is 0 Å². The first kappa shape index (κ1) is 55.6. The number of hydrogen-bond acceptors (Lipinski definition) is 18. The van der Waals surface area contributed by atoms with Crippen LogP contribution < -0.4 is 4.74 Å². The Morgan fingerprint density at radius 2 is 1.18 bits per heavy atom. The Morgan fingerprint density at radius 1 is 0.647 bits per heavy atom. The van der Waals surface area contributed by atoms with E-state index in [0.29, 0.717) is 76.5 Å². The highest BCUT2D eigenvalue weighted by atomic mass is 79.9. The number of aromatic nitrogens is 7. The Labute approximate surface area is 411 Å². The second kappa shape index (κ2) is 31.3. The van der Waals surface area contributed by atoms with Crippen LogP contribution in [0.2, 0.25) is 0 Å². The highest BCUT2D eigenvalue weighted by molar-refractivity contribution is 9.10. The Morgan fingerprint density at radius 3 is 1.71 bits per heavy atom. The van der Waals surface area contributed by atoms with Gasteiger partial charge in [0.15, 0.2) is 0 Å². The topological polar surface area (TPSA) is 272 Å². The van der Waals surface area contributed by atoms with Crippen molar-refractivity contribution in [2.24, 2.45) is 0 Å². The van der Waals surface area contributed by atoms with E-state index < -0.39 is 0 Å². The summed E-state index contributed by atoms with van der Waals surface area (Å²) in [4.78, 5) is 24.4. The van der Waals surface area contributed by atoms with Gasteiger partial charge in [0.1, 0.15) is 11.8 Å². The molecule has 6 aromatic heterocycles. The fourth-order valence-electron chi connectivity index (χ4n) is 5.24. The first-order chi connectivity index (χ1) is 32.9. The van der Waals surface area contributed by atoms with Gasteiger partial charge in [-0.3, -0.25) is 24.9 Å². The molecule has 0 bridgehead atoms. The Kier molecular flexibility index (Phi) is 25.6. The van der Waals surface area contributed by atoms with Crippen molar-refractivity contribution >= 4 is 37.6 Å². The Hall–Kier alpha value is -6.72. The van der Waals surface area contributed by atoms with E-state index in [2.05, 4.69) is 73.0 Å². The summed E-state index contributed by atoms with van der Waals surface area (Å²) in [6, 6.07) is 26.9. The first-order valence-corrected chi connectivity index (χ1v) is 21.9. The van der Waals surface area contributed by atoms with Crippen molar-refractivity contribution in [1.29, 1.82) is 15.9 Å². The van der Waals surface area contributed by atoms with Gasteiger partial charge in [0, 0.05) is 77.9 Å². The second-order valence-electron chi connectivity index (χ2n) is 13.8. The molecule has 18 nitrogen and oxygen atoms in total. The van der Waals surface area contributed by atoms with Crippen LogP contribution in [0.1, 0.15) is 59.0 Å². The van der Waals surface area contributed by atoms with Gasteiger partial charge in [-0.05, 0) is 92.7 Å². The summed E-state index contributed by atoms with van der Waals surface area (Å²) in [6.07, 6.45) is 8.15. The van der Waals surface area contributed by atoms with Crippen LogP contribution in [0.4, 0.5) is 0 Å². The molecule has 0 saturated heterocycles. The number of hydrogen-bond donors (Lipinski definition) is 4. The van der Waals surface area contributed by atoms with Gasteiger partial charge >= 0.3 is 0 Å². The monoisotopic (exact) mass is 1050 g/mol. The van der Waals surface area contributed by atoms with Gasteiger partial charge in [0.25, 0.3) is 5.89 Å². The minimum absolute atomic E-state index is 0.000556. The summed E-state index contributed by atoms with van der Waals surface area (Å²) < 4.78 is 27.6. The molecule has 0 amide bonds. The van der Waals surface area contributed by atoms with Crippen LogP contribution in [0.3, 0.4) is 0 Å². The molecule has 7 rings (SSSR count). The van der Waals surface area contributed by atoms with Crippen LogP contribution in [0.25, 0.3) is 22.8 Å². The maximum atomic E-state index is 9.32. The molecular weight excluding hydrogens is 1000 g/mol. The summed E-state index contributed by atoms with van der Waals surface area (Å²) in [6.45, 7) is 4.82. The third-order valence-electron chi connectivity index (χ3n) is 8.24. The van der Waals surface area contributed by atoms with E-state index in [1.54, 1.807) is 113 Å². The molecule has 0 atom stereocenters. The molecule has 0 aliphatic carbocycles. The summed E-state index contributed by atoms with van der Waals surface area (Å²) in [5, 5.41) is 55.7. The largest absolute Gasteiger partial charge is 0.490 e. The highest BCUT2D eigenvalue weighted by Crippen LogP contribution is 2.28. The lowest BCUT2D eigenvalue weighted by Gasteiger charge is -2.11. The minimum atomic E-state index is -0.254. The molecule has 0 radical (unpaired) electrons. The third kappa shape index (κ3) is 20.0. The summed E-state index contributed by atoms with van der Waals surface area (Å²) in [7, 11) is 4.84. The van der Waals surface area contributed by atoms with Crippen molar-refractivity contribution in [3.05, 3.63) is 164 Å². The van der Waals surface area contributed by atoms with Crippen LogP contribution >= 0.6 is 31.9 Å². The van der Waals surface area contributed by atoms with Crippen molar-refractivity contribution in [3.63, 3.8) is 0 Å². The molecule has 0 fully saturated rings. The van der Waals surface area contributed by atoms with Gasteiger partial charge in [0.2, 0.25) is 5.82 Å². The number of aliphatic hydroxyl groups excluding tert-OH is 3. The second-order valence-corrected chi connectivity index (χ2v) is 15.6. The summed E-state index contributed by atoms with van der Waals surface area (Å²) in [5.74, 6) is 1.20. The van der Waals surface area contributed by atoms with Crippen LogP contribution in [-0.4, -0.2) is 90.1 Å². The van der Waals surface area contributed by atoms with Gasteiger partial charge in [-0.1, -0.05) is 37.0 Å². The van der Waals surface area contributed by atoms with Crippen LogP contribution in [0.5, 0.6) is 5.75 Å². The van der Waals surface area contributed by atoms with E-state index in [1.807, 2.05) is 38.1 Å². The van der Waals surface area contributed by atoms with Crippen molar-refractivity contribution in [2.75, 3.05) is 27.9 Å². The van der Waals surface area contributed by atoms with Crippen molar-refractivity contribution in [3.8, 4) is 40.7 Å². The van der Waals surface area contributed by atoms with Crippen molar-refractivity contribution < 1.29 is 38.8 Å². The normalized spacial score (nSPS) is 10.0. The van der Waals surface area contributed by atoms with E-state index in [4.69, 9.17) is 49.5 Å². The maximum Gasteiger partial charge on any atom is 0.258 e. The number of halogens is 2. The van der Waals surface area contributed by atoms with E-state index in [0.717, 1.165) is 26.0 Å². The maximum absolute atomic E-state index is 9.32. The van der Waals surface area contributed by atoms with Crippen molar-refractivity contribution in [1.82, 2.24) is 35.1 Å². The average Bonchev–Trinajstić information content (AvgIpc) is 3.86. The fraction of sp³-hybridized carbons (Fsp3) is 0.250. The molecule has 0 unspecified atom stereocenters. The number of ether oxygens (including phenoxy) is 4. The van der Waals surface area contributed by atoms with Crippen LogP contribution in [0.15, 0.2) is 123 Å². The standard InChI is InChI=1S/C18H16N4O3.C9H12N2O2.C8H8N2O.C7H8BrNO.C6H6BrNO/c1-11(2)24-16-4-3-13(7-14(16)9-19)18-21-17(22-25-18)12-5-6-20-15(8-12)10-23;1-13-6-8-4-7(2-3-11-8)9(10)5-12;1-11-6-8-4-7(5-9)2-3-10-8;1-10-5-7-4-6(8)2-3-9-7;7-5-1-2-8-6(3-5)4-9/h3-8,11,23H,10H2,1-2H3;2-4,10,12H,5-6H2,1H3;2-4H,6H2,1H3;2-4H,5H2,1H3;1-3,9H,4H2. The molecule has 68 heavy (non-hydrogen) atoms. The summed E-state index contributed by atoms with van der Waals surface area (Å²) >= 11 is 6.59. The molecule has 1 aromatic carbocycles. The lowest BCUT2D eigenvalue weighted by atomic mass is 10.1. The zero-order chi connectivity index (χ0) is 49.7. The molecule has 7 aromatic rings. The SMILES string of the molecule is CC(C)Oc1ccc(-c2nc(-c3ccnc(CO)c3)no2)cc1C#N.COCc1cc(Br)ccn1.COCc1cc(C#N)ccn1.COCc1cc(C(=N)CO)ccn1.OCc1cc(Br)ccn1. The van der Waals surface area contributed by atoms with Gasteiger partial charge in [0.05, 0.1) is 97.1 Å². The number of methoxy groups -OCH3 is 3. The van der Waals surface area contributed by atoms with E-state index in [-0.39, 0.29) is 31.6 Å². The third-order valence-corrected chi connectivity index (χ3v) is 9.22. The Balaban J connectivity index is 0.000000242. The Bertz CT molecular complexity index is 2710. The number of nitrogens with one attached hydrogen (secondary N) is 1. The molecule has 0 aliphatic heterocycles. The van der Waals surface area contributed by atoms with Crippen LogP contribution in [-0.2, 0) is 47.2 Å². The van der Waals surface area contributed by atoms with Gasteiger partial charge in [-0.25, -0.2) is 0 Å². The predicted molar refractivity (Wildman–Crippen MR) is 258 cm³/mol.